The number of aryl methyl sites for hydroxylation is 1. The topological polar surface area (TPSA) is 86.9 Å². The number of carbonyl (C=O) groups is 2. The molecular weight excluding hydrogens is 412 g/mol. The summed E-state index contributed by atoms with van der Waals surface area (Å²) in [6, 6.07) is 20.4. The molecular formula is C24H21ClN4O2. The molecule has 31 heavy (non-hydrogen) atoms. The Balaban J connectivity index is 1.38. The van der Waals surface area contributed by atoms with E-state index >= 15 is 0 Å². The molecule has 0 bridgehead atoms. The molecule has 0 aliphatic heterocycles. The van der Waals surface area contributed by atoms with Crippen LogP contribution >= 0.6 is 11.6 Å². The number of aromatic nitrogens is 2. The highest BCUT2D eigenvalue weighted by molar-refractivity contribution is 6.30. The third-order valence-corrected chi connectivity index (χ3v) is 5.20. The van der Waals surface area contributed by atoms with Gasteiger partial charge in [0.2, 0.25) is 5.91 Å². The number of benzene rings is 2. The van der Waals surface area contributed by atoms with Crippen molar-refractivity contribution in [1.29, 1.82) is 0 Å². The first-order chi connectivity index (χ1) is 15.1. The zero-order valence-electron chi connectivity index (χ0n) is 16.7. The average molecular weight is 433 g/mol. The Hall–Kier alpha value is -3.64. The van der Waals surface area contributed by atoms with Gasteiger partial charge in [-0.25, -0.2) is 0 Å². The summed E-state index contributed by atoms with van der Waals surface area (Å²) < 4.78 is 0. The Morgan fingerprint density at radius 2 is 1.81 bits per heavy atom. The molecule has 2 amide bonds. The number of aromatic amines is 1. The Kier molecular flexibility index (Phi) is 6.29. The third-order valence-electron chi connectivity index (χ3n) is 4.97. The van der Waals surface area contributed by atoms with Gasteiger partial charge in [0, 0.05) is 34.1 Å². The summed E-state index contributed by atoms with van der Waals surface area (Å²) in [5.74, 6) is -0.667. The number of carbonyl (C=O) groups excluding carboxylic acids is 2. The number of rotatable bonds is 6. The molecule has 6 nitrogen and oxygen atoms in total. The normalized spacial score (nSPS) is 10.7. The standard InChI is InChI=1S/C24H21ClN4O2/c25-17-8-5-7-16(15-17)24(31)29-28-22(30)13-6-10-19-18-9-1-2-11-20(18)27-23(19)21-12-3-4-14-26-21/h1-5,7-9,11-12,14-15,27H,6,10,13H2,(H,28,30)(H,29,31). The first-order valence-corrected chi connectivity index (χ1v) is 10.4. The number of hydrogen-bond acceptors (Lipinski definition) is 3. The zero-order chi connectivity index (χ0) is 21.6. The molecule has 0 fully saturated rings. The second kappa shape index (κ2) is 9.45. The van der Waals surface area contributed by atoms with Gasteiger partial charge in [0.05, 0.1) is 11.4 Å². The minimum atomic E-state index is -0.412. The molecule has 0 radical (unpaired) electrons. The van der Waals surface area contributed by atoms with Gasteiger partial charge in [-0.2, -0.15) is 0 Å². The predicted molar refractivity (Wildman–Crippen MR) is 122 cm³/mol. The summed E-state index contributed by atoms with van der Waals surface area (Å²) in [6.45, 7) is 0. The van der Waals surface area contributed by atoms with Crippen LogP contribution in [0.5, 0.6) is 0 Å². The maximum atomic E-state index is 12.2. The minimum Gasteiger partial charge on any atom is -0.353 e. The van der Waals surface area contributed by atoms with E-state index in [-0.39, 0.29) is 12.3 Å². The van der Waals surface area contributed by atoms with Gasteiger partial charge in [-0.05, 0) is 54.8 Å². The highest BCUT2D eigenvalue weighted by Gasteiger charge is 2.14. The first kappa shape index (κ1) is 20.6. The fourth-order valence-electron chi connectivity index (χ4n) is 3.51. The van der Waals surface area contributed by atoms with E-state index in [4.69, 9.17) is 11.6 Å². The van der Waals surface area contributed by atoms with Crippen LogP contribution in [0.2, 0.25) is 5.02 Å². The number of hydrogen-bond donors (Lipinski definition) is 3. The number of pyridine rings is 1. The fourth-order valence-corrected chi connectivity index (χ4v) is 3.70. The van der Waals surface area contributed by atoms with Gasteiger partial charge < -0.3 is 4.98 Å². The van der Waals surface area contributed by atoms with Crippen LogP contribution in [0.25, 0.3) is 22.3 Å². The molecule has 0 spiro atoms. The van der Waals surface area contributed by atoms with Crippen LogP contribution in [0.1, 0.15) is 28.8 Å². The molecule has 0 aliphatic carbocycles. The van der Waals surface area contributed by atoms with Crippen molar-refractivity contribution in [2.24, 2.45) is 0 Å². The number of para-hydroxylation sites is 1. The molecule has 7 heteroatoms. The lowest BCUT2D eigenvalue weighted by Crippen LogP contribution is -2.41. The van der Waals surface area contributed by atoms with Crippen molar-refractivity contribution in [3.05, 3.63) is 89.1 Å². The maximum absolute atomic E-state index is 12.2. The molecule has 2 heterocycles. The van der Waals surface area contributed by atoms with E-state index in [0.717, 1.165) is 27.9 Å². The van der Waals surface area contributed by atoms with Crippen molar-refractivity contribution in [3.8, 4) is 11.4 Å². The summed E-state index contributed by atoms with van der Waals surface area (Å²) in [4.78, 5) is 32.3. The first-order valence-electron chi connectivity index (χ1n) is 9.97. The van der Waals surface area contributed by atoms with E-state index in [9.17, 15) is 9.59 Å². The van der Waals surface area contributed by atoms with Crippen LogP contribution in [0.15, 0.2) is 72.9 Å². The average Bonchev–Trinajstić information content (AvgIpc) is 3.17. The van der Waals surface area contributed by atoms with Crippen molar-refractivity contribution < 1.29 is 9.59 Å². The second-order valence-electron chi connectivity index (χ2n) is 7.11. The molecule has 0 aliphatic rings. The van der Waals surface area contributed by atoms with Gasteiger partial charge in [0.25, 0.3) is 5.91 Å². The summed E-state index contributed by atoms with van der Waals surface area (Å²) in [5, 5.41) is 1.58. The zero-order valence-corrected chi connectivity index (χ0v) is 17.4. The van der Waals surface area contributed by atoms with Crippen LogP contribution < -0.4 is 10.9 Å². The molecule has 2 aromatic heterocycles. The molecule has 4 rings (SSSR count). The van der Waals surface area contributed by atoms with Gasteiger partial charge >= 0.3 is 0 Å². The highest BCUT2D eigenvalue weighted by atomic mass is 35.5. The van der Waals surface area contributed by atoms with Gasteiger partial charge in [-0.15, -0.1) is 0 Å². The van der Waals surface area contributed by atoms with Crippen molar-refractivity contribution in [1.82, 2.24) is 20.8 Å². The van der Waals surface area contributed by atoms with Crippen LogP contribution in [0, 0.1) is 0 Å². The molecule has 0 saturated heterocycles. The minimum absolute atomic E-state index is 0.255. The summed E-state index contributed by atoms with van der Waals surface area (Å²) >= 11 is 5.89. The number of nitrogens with zero attached hydrogens (tertiary/aromatic N) is 1. The van der Waals surface area contributed by atoms with Gasteiger partial charge in [-0.1, -0.05) is 41.9 Å². The Morgan fingerprint density at radius 1 is 0.968 bits per heavy atom. The van der Waals surface area contributed by atoms with E-state index in [1.165, 1.54) is 0 Å². The van der Waals surface area contributed by atoms with Crippen LogP contribution in [0.4, 0.5) is 0 Å². The van der Waals surface area contributed by atoms with Crippen molar-refractivity contribution >= 4 is 34.3 Å². The third kappa shape index (κ3) is 4.92. The molecule has 156 valence electrons. The number of nitrogens with one attached hydrogen (secondary N) is 3. The van der Waals surface area contributed by atoms with Gasteiger partial charge in [0.1, 0.15) is 0 Å². The molecule has 2 aromatic carbocycles. The van der Waals surface area contributed by atoms with E-state index in [1.54, 1.807) is 30.5 Å². The van der Waals surface area contributed by atoms with Gasteiger partial charge in [-0.3, -0.25) is 25.4 Å². The highest BCUT2D eigenvalue weighted by Crippen LogP contribution is 2.30. The number of H-pyrrole nitrogens is 1. The summed E-state index contributed by atoms with van der Waals surface area (Å²) in [7, 11) is 0. The molecule has 0 unspecified atom stereocenters. The maximum Gasteiger partial charge on any atom is 0.269 e. The van der Waals surface area contributed by atoms with Crippen molar-refractivity contribution in [2.75, 3.05) is 0 Å². The lowest BCUT2D eigenvalue weighted by molar-refractivity contribution is -0.121. The number of amides is 2. The van der Waals surface area contributed by atoms with Gasteiger partial charge in [0.15, 0.2) is 0 Å². The van der Waals surface area contributed by atoms with Crippen molar-refractivity contribution in [3.63, 3.8) is 0 Å². The van der Waals surface area contributed by atoms with E-state index in [1.807, 2.05) is 36.4 Å². The second-order valence-corrected chi connectivity index (χ2v) is 7.54. The molecule has 4 aromatic rings. The van der Waals surface area contributed by atoms with E-state index in [0.29, 0.717) is 23.4 Å². The number of hydrazine groups is 1. The number of halogens is 1. The predicted octanol–water partition coefficient (Wildman–Crippen LogP) is 4.67. The largest absolute Gasteiger partial charge is 0.353 e. The number of fused-ring (bicyclic) bond motifs is 1. The van der Waals surface area contributed by atoms with E-state index < -0.39 is 5.91 Å². The van der Waals surface area contributed by atoms with Crippen LogP contribution in [-0.2, 0) is 11.2 Å². The summed E-state index contributed by atoms with van der Waals surface area (Å²) in [6.07, 6.45) is 3.36. The lowest BCUT2D eigenvalue weighted by atomic mass is 10.0. The molecule has 3 N–H and O–H groups in total. The van der Waals surface area contributed by atoms with E-state index in [2.05, 4.69) is 26.9 Å². The smallest absolute Gasteiger partial charge is 0.269 e. The Morgan fingerprint density at radius 3 is 2.61 bits per heavy atom. The monoisotopic (exact) mass is 432 g/mol. The molecule has 0 atom stereocenters. The molecule has 0 saturated carbocycles. The SMILES string of the molecule is O=C(CCCc1c(-c2ccccn2)[nH]c2ccccc12)NNC(=O)c1cccc(Cl)c1. The van der Waals surface area contributed by atoms with Crippen LogP contribution in [0.3, 0.4) is 0 Å². The lowest BCUT2D eigenvalue weighted by Gasteiger charge is -2.08. The summed E-state index contributed by atoms with van der Waals surface area (Å²) in [5.41, 5.74) is 9.27. The Bertz CT molecular complexity index is 1220. The van der Waals surface area contributed by atoms with Crippen molar-refractivity contribution in [2.45, 2.75) is 19.3 Å². The Labute approximate surface area is 184 Å². The van der Waals surface area contributed by atoms with Crippen LogP contribution in [-0.4, -0.2) is 21.8 Å². The fraction of sp³-hybridized carbons (Fsp3) is 0.125. The quantitative estimate of drug-likeness (QED) is 0.387.